The lowest BCUT2D eigenvalue weighted by Gasteiger charge is -2.05. The Morgan fingerprint density at radius 3 is 2.52 bits per heavy atom. The van der Waals surface area contributed by atoms with Gasteiger partial charge in [0.1, 0.15) is 0 Å². The Kier molecular flexibility index (Phi) is 4.88. The Hall–Kier alpha value is -1.98. The molecule has 4 nitrogen and oxygen atoms in total. The molecule has 0 aliphatic heterocycles. The van der Waals surface area contributed by atoms with E-state index in [0.29, 0.717) is 17.0 Å². The van der Waals surface area contributed by atoms with Crippen molar-refractivity contribution in [1.29, 1.82) is 0 Å². The van der Waals surface area contributed by atoms with Gasteiger partial charge >= 0.3 is 5.97 Å². The molecule has 0 spiro atoms. The molecule has 6 heteroatoms. The third kappa shape index (κ3) is 3.77. The van der Waals surface area contributed by atoms with Crippen molar-refractivity contribution in [3.8, 4) is 0 Å². The largest absolute Gasteiger partial charge is 0.475 e. The van der Waals surface area contributed by atoms with Crippen LogP contribution in [0.3, 0.4) is 0 Å². The Bertz CT molecular complexity index is 705. The maximum atomic E-state index is 12.0. The molecule has 0 atom stereocenters. The van der Waals surface area contributed by atoms with Gasteiger partial charge in [-0.1, -0.05) is 29.8 Å². The second kappa shape index (κ2) is 6.65. The van der Waals surface area contributed by atoms with Crippen molar-refractivity contribution in [2.75, 3.05) is 0 Å². The van der Waals surface area contributed by atoms with E-state index in [1.54, 1.807) is 17.5 Å². The van der Waals surface area contributed by atoms with E-state index in [1.807, 2.05) is 18.2 Å². The third-order valence-electron chi connectivity index (χ3n) is 2.91. The van der Waals surface area contributed by atoms with Gasteiger partial charge in [0.15, 0.2) is 5.78 Å². The number of hydrogen-bond acceptors (Lipinski definition) is 4. The van der Waals surface area contributed by atoms with Gasteiger partial charge in [-0.15, -0.1) is 11.3 Å². The zero-order valence-electron chi connectivity index (χ0n) is 10.8. The Labute approximate surface area is 130 Å². The van der Waals surface area contributed by atoms with Crippen LogP contribution in [0.2, 0.25) is 5.02 Å². The summed E-state index contributed by atoms with van der Waals surface area (Å²) < 4.78 is 0. The number of thiophene rings is 1. The number of ketones is 2. The van der Waals surface area contributed by atoms with Gasteiger partial charge in [-0.3, -0.25) is 9.59 Å². The van der Waals surface area contributed by atoms with E-state index < -0.39 is 24.0 Å². The molecule has 0 aliphatic carbocycles. The van der Waals surface area contributed by atoms with Crippen molar-refractivity contribution in [2.24, 2.45) is 0 Å². The van der Waals surface area contributed by atoms with Crippen LogP contribution in [-0.4, -0.2) is 22.6 Å². The highest BCUT2D eigenvalue weighted by Gasteiger charge is 2.20. The molecule has 0 unspecified atom stereocenters. The summed E-state index contributed by atoms with van der Waals surface area (Å²) in [4.78, 5) is 34.4. The number of hydrogen-bond donors (Lipinski definition) is 1. The molecule has 1 heterocycles. The maximum Gasteiger partial charge on any atom is 0.372 e. The topological polar surface area (TPSA) is 71.4 Å². The average molecular weight is 323 g/mol. The molecule has 1 N–H and O–H groups in total. The van der Waals surface area contributed by atoms with Crippen LogP contribution in [0.1, 0.15) is 27.2 Å². The Morgan fingerprint density at radius 2 is 1.86 bits per heavy atom. The van der Waals surface area contributed by atoms with E-state index in [-0.39, 0.29) is 0 Å². The molecular weight excluding hydrogens is 312 g/mol. The van der Waals surface area contributed by atoms with Gasteiger partial charge in [0.2, 0.25) is 5.78 Å². The molecule has 0 amide bonds. The predicted octanol–water partition coefficient (Wildman–Crippen LogP) is 3.22. The normalized spacial score (nSPS) is 10.3. The van der Waals surface area contributed by atoms with Crippen molar-refractivity contribution in [1.82, 2.24) is 0 Å². The molecule has 2 aromatic rings. The molecule has 2 rings (SSSR count). The summed E-state index contributed by atoms with van der Waals surface area (Å²) in [6, 6.07) is 8.90. The third-order valence-corrected chi connectivity index (χ3v) is 4.20. The van der Waals surface area contributed by atoms with E-state index in [1.165, 1.54) is 11.3 Å². The summed E-state index contributed by atoms with van der Waals surface area (Å²) in [7, 11) is 0. The van der Waals surface area contributed by atoms with Crippen molar-refractivity contribution in [3.63, 3.8) is 0 Å². The first-order valence-electron chi connectivity index (χ1n) is 6.08. The lowest BCUT2D eigenvalue weighted by molar-refractivity contribution is -0.148. The molecular formula is C15H11ClO4S. The van der Waals surface area contributed by atoms with Gasteiger partial charge in [-0.25, -0.2) is 4.79 Å². The number of carboxylic acids is 1. The number of carbonyl (C=O) groups excluding carboxylic acids is 2. The maximum absolute atomic E-state index is 12.0. The summed E-state index contributed by atoms with van der Waals surface area (Å²) in [5, 5.41) is 10.9. The number of Topliss-reactive ketones (excluding diaryl/α,β-unsaturated/α-hetero) is 2. The van der Waals surface area contributed by atoms with Gasteiger partial charge in [0.05, 0.1) is 6.42 Å². The highest BCUT2D eigenvalue weighted by molar-refractivity contribution is 7.10. The van der Waals surface area contributed by atoms with Crippen molar-refractivity contribution in [2.45, 2.75) is 12.8 Å². The highest BCUT2D eigenvalue weighted by atomic mass is 35.5. The minimum Gasteiger partial charge on any atom is -0.475 e. The van der Waals surface area contributed by atoms with Crippen LogP contribution in [0, 0.1) is 0 Å². The molecule has 1 aromatic carbocycles. The summed E-state index contributed by atoms with van der Waals surface area (Å²) in [5.74, 6) is -3.17. The standard InChI is InChI=1S/C15H11ClO4S/c16-11-4-2-1-3-9(11)7-14-10(5-6-21-14)12(17)8-13(18)15(19)20/h1-6H,7-8H2,(H,19,20). The fourth-order valence-electron chi connectivity index (χ4n) is 1.86. The molecule has 0 saturated heterocycles. The number of benzene rings is 1. The van der Waals surface area contributed by atoms with Crippen LogP contribution in [0.15, 0.2) is 35.7 Å². The molecule has 0 fully saturated rings. The van der Waals surface area contributed by atoms with Crippen LogP contribution in [0.4, 0.5) is 0 Å². The van der Waals surface area contributed by atoms with Crippen LogP contribution < -0.4 is 0 Å². The quantitative estimate of drug-likeness (QED) is 0.503. The van der Waals surface area contributed by atoms with E-state index in [0.717, 1.165) is 10.4 Å². The SMILES string of the molecule is O=C(O)C(=O)CC(=O)c1ccsc1Cc1ccccc1Cl. The lowest BCUT2D eigenvalue weighted by atomic mass is 10.0. The second-order valence-corrected chi connectivity index (χ2v) is 5.76. The lowest BCUT2D eigenvalue weighted by Crippen LogP contribution is -2.17. The Balaban J connectivity index is 2.19. The summed E-state index contributed by atoms with van der Waals surface area (Å²) in [6.45, 7) is 0. The van der Waals surface area contributed by atoms with E-state index in [4.69, 9.17) is 16.7 Å². The van der Waals surface area contributed by atoms with Gasteiger partial charge < -0.3 is 5.11 Å². The van der Waals surface area contributed by atoms with Crippen LogP contribution in [0.25, 0.3) is 0 Å². The summed E-state index contributed by atoms with van der Waals surface area (Å²) in [6.07, 6.45) is -0.152. The molecule has 108 valence electrons. The van der Waals surface area contributed by atoms with Gasteiger partial charge in [0, 0.05) is 21.9 Å². The van der Waals surface area contributed by atoms with Crippen LogP contribution in [0.5, 0.6) is 0 Å². The zero-order valence-corrected chi connectivity index (χ0v) is 12.4. The smallest absolute Gasteiger partial charge is 0.372 e. The molecule has 0 bridgehead atoms. The molecule has 21 heavy (non-hydrogen) atoms. The predicted molar refractivity (Wildman–Crippen MR) is 80.2 cm³/mol. The first-order chi connectivity index (χ1) is 9.99. The minimum absolute atomic E-state index is 0.384. The van der Waals surface area contributed by atoms with E-state index in [9.17, 15) is 14.4 Å². The first kappa shape index (κ1) is 15.4. The number of rotatable bonds is 6. The molecule has 0 saturated carbocycles. The molecule has 0 radical (unpaired) electrons. The monoisotopic (exact) mass is 322 g/mol. The first-order valence-corrected chi connectivity index (χ1v) is 7.34. The number of carboxylic acid groups (broad SMARTS) is 1. The fourth-order valence-corrected chi connectivity index (χ4v) is 2.98. The van der Waals surface area contributed by atoms with Gasteiger partial charge in [0.25, 0.3) is 0 Å². The van der Waals surface area contributed by atoms with E-state index >= 15 is 0 Å². The number of aliphatic carboxylic acids is 1. The zero-order chi connectivity index (χ0) is 15.4. The minimum atomic E-state index is -1.59. The summed E-state index contributed by atoms with van der Waals surface area (Å²) in [5.41, 5.74) is 1.26. The summed E-state index contributed by atoms with van der Waals surface area (Å²) >= 11 is 7.47. The van der Waals surface area contributed by atoms with Crippen LogP contribution >= 0.6 is 22.9 Å². The van der Waals surface area contributed by atoms with Crippen molar-refractivity contribution in [3.05, 3.63) is 56.7 Å². The highest BCUT2D eigenvalue weighted by Crippen LogP contribution is 2.25. The fraction of sp³-hybridized carbons (Fsp3) is 0.133. The van der Waals surface area contributed by atoms with Crippen molar-refractivity contribution >= 4 is 40.5 Å². The number of halogens is 1. The second-order valence-electron chi connectivity index (χ2n) is 4.35. The molecule has 1 aromatic heterocycles. The van der Waals surface area contributed by atoms with Gasteiger partial charge in [-0.2, -0.15) is 0 Å². The van der Waals surface area contributed by atoms with Gasteiger partial charge in [-0.05, 0) is 23.1 Å². The Morgan fingerprint density at radius 1 is 1.14 bits per heavy atom. The van der Waals surface area contributed by atoms with Crippen LogP contribution in [-0.2, 0) is 16.0 Å². The average Bonchev–Trinajstić information content (AvgIpc) is 2.89. The van der Waals surface area contributed by atoms with E-state index in [2.05, 4.69) is 0 Å². The van der Waals surface area contributed by atoms with Crippen molar-refractivity contribution < 1.29 is 19.5 Å². The number of carbonyl (C=O) groups is 3. The molecule has 0 aliphatic rings.